The molecule has 0 heterocycles. The predicted molar refractivity (Wildman–Crippen MR) is 88.6 cm³/mol. The molecule has 0 aliphatic heterocycles. The molecule has 3 N–H and O–H groups in total. The van der Waals surface area contributed by atoms with E-state index in [0.717, 1.165) is 6.07 Å². The summed E-state index contributed by atoms with van der Waals surface area (Å²) in [5.74, 6) is -0.649. The van der Waals surface area contributed by atoms with Crippen LogP contribution in [0.3, 0.4) is 0 Å². The van der Waals surface area contributed by atoms with Crippen LogP contribution in [0.25, 0.3) is 0 Å². The maximum atomic E-state index is 12.3. The summed E-state index contributed by atoms with van der Waals surface area (Å²) >= 11 is 5.70. The van der Waals surface area contributed by atoms with Crippen molar-refractivity contribution in [2.45, 2.75) is 11.8 Å². The molecule has 0 aliphatic carbocycles. The van der Waals surface area contributed by atoms with Gasteiger partial charge in [0.25, 0.3) is 11.6 Å². The number of aryl methyl sites for hydroxylation is 1. The van der Waals surface area contributed by atoms with E-state index in [9.17, 15) is 23.3 Å². The highest BCUT2D eigenvalue weighted by Crippen LogP contribution is 2.26. The number of sulfonamides is 1. The number of hydrogen-bond acceptors (Lipinski definition) is 5. The summed E-state index contributed by atoms with van der Waals surface area (Å²) in [7, 11) is -3.92. The van der Waals surface area contributed by atoms with Crippen LogP contribution in [-0.4, -0.2) is 19.2 Å². The van der Waals surface area contributed by atoms with Crippen molar-refractivity contribution in [2.24, 2.45) is 5.14 Å². The second-order valence-electron chi connectivity index (χ2n) is 4.90. The number of nitro benzene ring substituents is 1. The Morgan fingerprint density at radius 2 is 1.92 bits per heavy atom. The number of nitrogens with zero attached hydrogens (tertiary/aromatic N) is 1. The van der Waals surface area contributed by atoms with Crippen molar-refractivity contribution < 1.29 is 18.1 Å². The Morgan fingerprint density at radius 3 is 2.50 bits per heavy atom. The van der Waals surface area contributed by atoms with E-state index in [0.29, 0.717) is 5.56 Å². The van der Waals surface area contributed by atoms with E-state index in [4.69, 9.17) is 16.7 Å². The minimum Gasteiger partial charge on any atom is -0.322 e. The number of primary sulfonamides is 1. The van der Waals surface area contributed by atoms with Gasteiger partial charge in [0.2, 0.25) is 10.0 Å². The molecule has 0 aromatic heterocycles. The quantitative estimate of drug-likeness (QED) is 0.630. The van der Waals surface area contributed by atoms with Gasteiger partial charge < -0.3 is 5.32 Å². The fourth-order valence-corrected chi connectivity index (χ4v) is 2.63. The number of carbonyl (C=O) groups excluding carboxylic acids is 1. The molecule has 0 bridgehead atoms. The summed E-state index contributed by atoms with van der Waals surface area (Å²) in [4.78, 5) is 22.3. The van der Waals surface area contributed by atoms with Crippen molar-refractivity contribution in [3.8, 4) is 0 Å². The third-order valence-electron chi connectivity index (χ3n) is 3.19. The van der Waals surface area contributed by atoms with Crippen LogP contribution in [0.5, 0.6) is 0 Å². The molecule has 0 unspecified atom stereocenters. The third-order valence-corrected chi connectivity index (χ3v) is 4.42. The van der Waals surface area contributed by atoms with Crippen LogP contribution in [0, 0.1) is 17.0 Å². The van der Waals surface area contributed by atoms with E-state index in [1.165, 1.54) is 30.3 Å². The van der Waals surface area contributed by atoms with Crippen LogP contribution in [0.1, 0.15) is 15.9 Å². The number of nitrogens with two attached hydrogens (primary N) is 1. The zero-order valence-electron chi connectivity index (χ0n) is 12.3. The molecule has 0 saturated heterocycles. The van der Waals surface area contributed by atoms with Crippen molar-refractivity contribution in [3.63, 3.8) is 0 Å². The minimum absolute atomic E-state index is 0.00603. The molecule has 0 atom stereocenters. The average molecular weight is 370 g/mol. The van der Waals surface area contributed by atoms with Gasteiger partial charge in [-0.15, -0.1) is 0 Å². The summed E-state index contributed by atoms with van der Waals surface area (Å²) in [6, 6.07) is 7.61. The lowest BCUT2D eigenvalue weighted by atomic mass is 10.1. The van der Waals surface area contributed by atoms with Crippen LogP contribution in [0.4, 0.5) is 11.4 Å². The number of amides is 1. The van der Waals surface area contributed by atoms with Crippen LogP contribution in [0.2, 0.25) is 5.02 Å². The highest BCUT2D eigenvalue weighted by atomic mass is 35.5. The van der Waals surface area contributed by atoms with Gasteiger partial charge in [-0.2, -0.15) is 0 Å². The molecular weight excluding hydrogens is 358 g/mol. The van der Waals surface area contributed by atoms with Crippen molar-refractivity contribution >= 4 is 38.9 Å². The van der Waals surface area contributed by atoms with Crippen LogP contribution >= 0.6 is 11.6 Å². The largest absolute Gasteiger partial charge is 0.322 e. The Balaban J connectivity index is 2.37. The summed E-state index contributed by atoms with van der Waals surface area (Å²) in [6.07, 6.45) is 0. The normalized spacial score (nSPS) is 11.1. The minimum atomic E-state index is -3.92. The number of benzene rings is 2. The topological polar surface area (TPSA) is 132 Å². The molecule has 10 heteroatoms. The lowest BCUT2D eigenvalue weighted by Gasteiger charge is -2.10. The number of halogens is 1. The van der Waals surface area contributed by atoms with Crippen molar-refractivity contribution in [3.05, 3.63) is 62.7 Å². The van der Waals surface area contributed by atoms with Gasteiger partial charge in [-0.3, -0.25) is 14.9 Å². The Hall–Kier alpha value is -2.49. The van der Waals surface area contributed by atoms with Gasteiger partial charge >= 0.3 is 0 Å². The molecule has 0 aliphatic rings. The molecule has 2 aromatic carbocycles. The van der Waals surface area contributed by atoms with Gasteiger partial charge in [0.1, 0.15) is 5.02 Å². The monoisotopic (exact) mass is 369 g/mol. The fraction of sp³-hybridized carbons (Fsp3) is 0.0714. The molecule has 0 spiro atoms. The average Bonchev–Trinajstić information content (AvgIpc) is 2.48. The summed E-state index contributed by atoms with van der Waals surface area (Å²) < 4.78 is 22.8. The molecule has 0 radical (unpaired) electrons. The van der Waals surface area contributed by atoms with E-state index in [2.05, 4.69) is 5.32 Å². The maximum Gasteiger partial charge on any atom is 0.288 e. The molecule has 1 amide bonds. The zero-order chi connectivity index (χ0) is 18.1. The number of carbonyl (C=O) groups is 1. The summed E-state index contributed by atoms with van der Waals surface area (Å²) in [5.41, 5.74) is 0.425. The maximum absolute atomic E-state index is 12.3. The SMILES string of the molecule is Cc1ccc(S(N)(=O)=O)cc1NC(=O)c1ccc(Cl)c([N+](=O)[O-])c1. The molecule has 2 rings (SSSR count). The van der Waals surface area contributed by atoms with Crippen molar-refractivity contribution in [1.29, 1.82) is 0 Å². The molecule has 24 heavy (non-hydrogen) atoms. The first-order chi connectivity index (χ1) is 11.1. The van der Waals surface area contributed by atoms with E-state index in [-0.39, 0.29) is 21.2 Å². The first-order valence-electron chi connectivity index (χ1n) is 6.48. The number of rotatable bonds is 4. The number of nitro groups is 1. The van der Waals surface area contributed by atoms with Crippen LogP contribution < -0.4 is 10.5 Å². The third kappa shape index (κ3) is 3.88. The first-order valence-corrected chi connectivity index (χ1v) is 8.41. The van der Waals surface area contributed by atoms with E-state index in [1.807, 2.05) is 0 Å². The highest BCUT2D eigenvalue weighted by Gasteiger charge is 2.17. The molecule has 0 saturated carbocycles. The summed E-state index contributed by atoms with van der Waals surface area (Å²) in [6.45, 7) is 1.66. The van der Waals surface area contributed by atoms with Gasteiger partial charge in [-0.25, -0.2) is 13.6 Å². The van der Waals surface area contributed by atoms with Crippen molar-refractivity contribution in [1.82, 2.24) is 0 Å². The molecular formula is C14H12ClN3O5S. The number of nitrogens with one attached hydrogen (secondary N) is 1. The van der Waals surface area contributed by atoms with E-state index >= 15 is 0 Å². The van der Waals surface area contributed by atoms with Crippen LogP contribution in [0.15, 0.2) is 41.3 Å². The molecule has 8 nitrogen and oxygen atoms in total. The fourth-order valence-electron chi connectivity index (χ4n) is 1.90. The smallest absolute Gasteiger partial charge is 0.288 e. The molecule has 0 fully saturated rings. The van der Waals surface area contributed by atoms with E-state index < -0.39 is 26.5 Å². The second kappa shape index (κ2) is 6.56. The Bertz CT molecular complexity index is 943. The predicted octanol–water partition coefficient (Wildman–Crippen LogP) is 2.46. The Kier molecular flexibility index (Phi) is 4.88. The second-order valence-corrected chi connectivity index (χ2v) is 6.87. The number of hydrogen-bond donors (Lipinski definition) is 2. The van der Waals surface area contributed by atoms with Gasteiger partial charge in [-0.05, 0) is 36.8 Å². The Morgan fingerprint density at radius 1 is 1.25 bits per heavy atom. The standard InChI is InChI=1S/C14H12ClN3O5S/c1-8-2-4-10(24(16,22)23)7-12(8)17-14(19)9-3-5-11(15)13(6-9)18(20)21/h2-7H,1H3,(H,17,19)(H2,16,22,23). The highest BCUT2D eigenvalue weighted by molar-refractivity contribution is 7.89. The molecule has 2 aromatic rings. The Labute approximate surface area is 142 Å². The van der Waals surface area contributed by atoms with Gasteiger partial charge in [0, 0.05) is 17.3 Å². The van der Waals surface area contributed by atoms with Gasteiger partial charge in [0.15, 0.2) is 0 Å². The lowest BCUT2D eigenvalue weighted by molar-refractivity contribution is -0.384. The molecule has 126 valence electrons. The van der Waals surface area contributed by atoms with Crippen LogP contribution in [-0.2, 0) is 10.0 Å². The van der Waals surface area contributed by atoms with Crippen molar-refractivity contribution in [2.75, 3.05) is 5.32 Å². The zero-order valence-corrected chi connectivity index (χ0v) is 13.9. The van der Waals surface area contributed by atoms with Gasteiger partial charge in [0.05, 0.1) is 9.82 Å². The van der Waals surface area contributed by atoms with Gasteiger partial charge in [-0.1, -0.05) is 17.7 Å². The summed E-state index contributed by atoms with van der Waals surface area (Å²) in [5, 5.41) is 18.3. The lowest BCUT2D eigenvalue weighted by Crippen LogP contribution is -2.16. The number of anilines is 1. The first kappa shape index (κ1) is 17.9. The van der Waals surface area contributed by atoms with E-state index in [1.54, 1.807) is 6.92 Å².